The van der Waals surface area contributed by atoms with Crippen LogP contribution in [0.5, 0.6) is 5.75 Å². The molecule has 11 heteroatoms. The summed E-state index contributed by atoms with van der Waals surface area (Å²) in [5.41, 5.74) is -1.25. The molecule has 1 aliphatic heterocycles. The van der Waals surface area contributed by atoms with Crippen LogP contribution >= 0.6 is 34.8 Å². The van der Waals surface area contributed by atoms with E-state index >= 15 is 0 Å². The van der Waals surface area contributed by atoms with Gasteiger partial charge < -0.3 is 14.9 Å². The molecule has 5 nitrogen and oxygen atoms in total. The summed E-state index contributed by atoms with van der Waals surface area (Å²) in [6.45, 7) is 0.355. The van der Waals surface area contributed by atoms with Gasteiger partial charge in [-0.05, 0) is 24.3 Å². The number of alkyl halides is 3. The number of amides is 2. The fourth-order valence-corrected chi connectivity index (χ4v) is 3.75. The molecule has 0 aromatic heterocycles. The molecule has 2 amide bonds. The Balaban J connectivity index is 1.73. The Morgan fingerprint density at radius 1 is 0.900 bits per heavy atom. The Morgan fingerprint density at radius 2 is 1.47 bits per heavy atom. The number of aromatic hydroxyl groups is 1. The first kappa shape index (κ1) is 22.5. The molecule has 1 aliphatic rings. The van der Waals surface area contributed by atoms with Crippen molar-refractivity contribution in [1.82, 2.24) is 9.80 Å². The van der Waals surface area contributed by atoms with Gasteiger partial charge in [0.1, 0.15) is 11.3 Å². The molecule has 3 rings (SSSR count). The first-order valence-corrected chi connectivity index (χ1v) is 9.76. The highest BCUT2D eigenvalue weighted by Gasteiger charge is 2.33. The average Bonchev–Trinajstić information content (AvgIpc) is 2.71. The zero-order chi connectivity index (χ0) is 22.2. The van der Waals surface area contributed by atoms with Crippen LogP contribution in [0, 0.1) is 0 Å². The molecule has 1 heterocycles. The van der Waals surface area contributed by atoms with Gasteiger partial charge in [-0.1, -0.05) is 40.9 Å². The Bertz CT molecular complexity index is 980. The standard InChI is InChI=1S/C19H14Cl3F3N2O3/c20-12-9-13(21)16(28)14(15(12)22)18(30)27-6-4-26(5-7-27)17(29)10-2-1-3-11(8-10)19(23,24)25/h1-3,8-9,28H,4-7H2. The van der Waals surface area contributed by atoms with Gasteiger partial charge in [-0.25, -0.2) is 0 Å². The van der Waals surface area contributed by atoms with Gasteiger partial charge in [0.05, 0.1) is 20.6 Å². The molecular weight excluding hydrogens is 468 g/mol. The molecule has 30 heavy (non-hydrogen) atoms. The van der Waals surface area contributed by atoms with E-state index in [9.17, 15) is 27.9 Å². The number of benzene rings is 2. The Labute approximate surface area is 184 Å². The number of phenols is 1. The average molecular weight is 482 g/mol. The predicted octanol–water partition coefficient (Wildman–Crippen LogP) is 4.97. The number of nitrogens with zero attached hydrogens (tertiary/aromatic N) is 2. The summed E-state index contributed by atoms with van der Waals surface area (Å²) in [6, 6.07) is 5.37. The minimum absolute atomic E-state index is 0.00109. The lowest BCUT2D eigenvalue weighted by molar-refractivity contribution is -0.137. The van der Waals surface area contributed by atoms with Gasteiger partial charge >= 0.3 is 6.18 Å². The SMILES string of the molecule is O=C(c1cccc(C(F)(F)F)c1)N1CCN(C(=O)c2c(O)c(Cl)cc(Cl)c2Cl)CC1. The van der Waals surface area contributed by atoms with Crippen LogP contribution in [0.25, 0.3) is 0 Å². The van der Waals surface area contributed by atoms with Crippen LogP contribution in [0.2, 0.25) is 15.1 Å². The van der Waals surface area contributed by atoms with Crippen molar-refractivity contribution in [3.8, 4) is 5.75 Å². The quantitative estimate of drug-likeness (QED) is 0.616. The maximum Gasteiger partial charge on any atom is 0.416 e. The van der Waals surface area contributed by atoms with Crippen LogP contribution in [0.1, 0.15) is 26.3 Å². The summed E-state index contributed by atoms with van der Waals surface area (Å²) in [5.74, 6) is -1.69. The maximum absolute atomic E-state index is 12.9. The number of halogens is 6. The smallest absolute Gasteiger partial charge is 0.416 e. The van der Waals surface area contributed by atoms with Crippen LogP contribution in [-0.4, -0.2) is 52.9 Å². The van der Waals surface area contributed by atoms with E-state index in [1.165, 1.54) is 28.0 Å². The van der Waals surface area contributed by atoms with Gasteiger partial charge in [-0.15, -0.1) is 0 Å². The lowest BCUT2D eigenvalue weighted by Gasteiger charge is -2.35. The largest absolute Gasteiger partial charge is 0.505 e. The molecule has 0 radical (unpaired) electrons. The number of carbonyl (C=O) groups is 2. The summed E-state index contributed by atoms with van der Waals surface area (Å²) in [6.07, 6.45) is -4.55. The van der Waals surface area contributed by atoms with E-state index < -0.39 is 29.3 Å². The maximum atomic E-state index is 12.9. The number of phenolic OH excluding ortho intramolecular Hbond substituents is 1. The number of hydrogen-bond acceptors (Lipinski definition) is 3. The van der Waals surface area contributed by atoms with Gasteiger partial charge in [0, 0.05) is 31.7 Å². The third kappa shape index (κ3) is 4.45. The molecule has 0 saturated carbocycles. The van der Waals surface area contributed by atoms with E-state index in [0.717, 1.165) is 12.1 Å². The molecule has 1 fully saturated rings. The number of carbonyl (C=O) groups excluding carboxylic acids is 2. The van der Waals surface area contributed by atoms with Crippen LogP contribution in [0.4, 0.5) is 13.2 Å². The van der Waals surface area contributed by atoms with E-state index in [0.29, 0.717) is 0 Å². The third-order valence-corrected chi connectivity index (χ3v) is 5.73. The van der Waals surface area contributed by atoms with E-state index in [2.05, 4.69) is 0 Å². The van der Waals surface area contributed by atoms with Crippen LogP contribution in [-0.2, 0) is 6.18 Å². The Morgan fingerprint density at radius 3 is 2.03 bits per heavy atom. The van der Waals surface area contributed by atoms with Crippen molar-refractivity contribution in [1.29, 1.82) is 0 Å². The molecule has 160 valence electrons. The first-order chi connectivity index (χ1) is 14.0. The van der Waals surface area contributed by atoms with E-state index in [1.54, 1.807) is 0 Å². The van der Waals surface area contributed by atoms with Gasteiger partial charge in [-0.3, -0.25) is 9.59 Å². The van der Waals surface area contributed by atoms with Crippen molar-refractivity contribution in [3.05, 3.63) is 62.1 Å². The molecule has 0 atom stereocenters. The van der Waals surface area contributed by atoms with Crippen molar-refractivity contribution < 1.29 is 27.9 Å². The van der Waals surface area contributed by atoms with E-state index in [4.69, 9.17) is 34.8 Å². The second-order valence-corrected chi connectivity index (χ2v) is 7.73. The van der Waals surface area contributed by atoms with Crippen molar-refractivity contribution >= 4 is 46.6 Å². The van der Waals surface area contributed by atoms with Crippen LogP contribution in [0.3, 0.4) is 0 Å². The second-order valence-electron chi connectivity index (χ2n) is 6.54. The molecule has 2 aromatic carbocycles. The van der Waals surface area contributed by atoms with Crippen LogP contribution < -0.4 is 0 Å². The molecule has 1 N–H and O–H groups in total. The highest BCUT2D eigenvalue weighted by Crippen LogP contribution is 2.39. The Hall–Kier alpha value is -2.16. The zero-order valence-electron chi connectivity index (χ0n) is 15.1. The number of hydrogen-bond donors (Lipinski definition) is 1. The fourth-order valence-electron chi connectivity index (χ4n) is 3.06. The zero-order valence-corrected chi connectivity index (χ0v) is 17.4. The fraction of sp³-hybridized carbons (Fsp3) is 0.263. The lowest BCUT2D eigenvalue weighted by Crippen LogP contribution is -2.50. The third-order valence-electron chi connectivity index (χ3n) is 4.65. The topological polar surface area (TPSA) is 60.9 Å². The minimum atomic E-state index is -4.55. The highest BCUT2D eigenvalue weighted by atomic mass is 35.5. The number of rotatable bonds is 2. The molecule has 0 unspecified atom stereocenters. The monoisotopic (exact) mass is 480 g/mol. The first-order valence-electron chi connectivity index (χ1n) is 8.63. The Kier molecular flexibility index (Phi) is 6.40. The summed E-state index contributed by atoms with van der Waals surface area (Å²) < 4.78 is 38.6. The van der Waals surface area contributed by atoms with Crippen molar-refractivity contribution in [3.63, 3.8) is 0 Å². The summed E-state index contributed by atoms with van der Waals surface area (Å²) in [5, 5.41) is 9.83. The predicted molar refractivity (Wildman–Crippen MR) is 106 cm³/mol. The summed E-state index contributed by atoms with van der Waals surface area (Å²) in [7, 11) is 0. The molecule has 1 saturated heterocycles. The van der Waals surface area contributed by atoms with Crippen LogP contribution in [0.15, 0.2) is 30.3 Å². The van der Waals surface area contributed by atoms with Crippen molar-refractivity contribution in [2.75, 3.05) is 26.2 Å². The second kappa shape index (κ2) is 8.53. The number of piperazine rings is 1. The molecule has 2 aromatic rings. The van der Waals surface area contributed by atoms with Crippen molar-refractivity contribution in [2.45, 2.75) is 6.18 Å². The lowest BCUT2D eigenvalue weighted by atomic mass is 10.1. The van der Waals surface area contributed by atoms with Gasteiger partial charge in [0.15, 0.2) is 0 Å². The molecule has 0 aliphatic carbocycles. The molecule has 0 spiro atoms. The van der Waals surface area contributed by atoms with Crippen molar-refractivity contribution in [2.24, 2.45) is 0 Å². The normalized spacial score (nSPS) is 14.7. The van der Waals surface area contributed by atoms with Gasteiger partial charge in [-0.2, -0.15) is 13.2 Å². The van der Waals surface area contributed by atoms with E-state index in [1.807, 2.05) is 0 Å². The summed E-state index contributed by atoms with van der Waals surface area (Å²) >= 11 is 17.8. The van der Waals surface area contributed by atoms with Gasteiger partial charge in [0.2, 0.25) is 0 Å². The molecule has 0 bridgehead atoms. The van der Waals surface area contributed by atoms with Gasteiger partial charge in [0.25, 0.3) is 11.8 Å². The van der Waals surface area contributed by atoms with E-state index in [-0.39, 0.29) is 52.4 Å². The minimum Gasteiger partial charge on any atom is -0.505 e. The highest BCUT2D eigenvalue weighted by molar-refractivity contribution is 6.45. The molecular formula is C19H14Cl3F3N2O3. The summed E-state index contributed by atoms with van der Waals surface area (Å²) in [4.78, 5) is 28.1.